The fraction of sp³-hybridized carbons (Fsp3) is 0.545. The third kappa shape index (κ3) is 1.60. The molecule has 1 aromatic rings. The summed E-state index contributed by atoms with van der Waals surface area (Å²) < 4.78 is 6.29. The molecule has 3 nitrogen and oxygen atoms in total. The average molecular weight is 193 g/mol. The van der Waals surface area contributed by atoms with Crippen LogP contribution in [0.25, 0.3) is 0 Å². The minimum absolute atomic E-state index is 0.0592. The molecule has 1 saturated carbocycles. The van der Waals surface area contributed by atoms with Crippen LogP contribution in [-0.2, 0) is 4.74 Å². The van der Waals surface area contributed by atoms with E-state index in [0.717, 1.165) is 10.3 Å². The van der Waals surface area contributed by atoms with Crippen molar-refractivity contribution in [1.82, 2.24) is 0 Å². The van der Waals surface area contributed by atoms with E-state index in [-0.39, 0.29) is 11.5 Å². The third-order valence-electron chi connectivity index (χ3n) is 3.01. The number of pyridine rings is 1. The van der Waals surface area contributed by atoms with E-state index in [4.69, 9.17) is 4.74 Å². The highest BCUT2D eigenvalue weighted by Crippen LogP contribution is 2.55. The predicted octanol–water partition coefficient (Wildman–Crippen LogP) is 1.81. The first-order chi connectivity index (χ1) is 6.65. The molecule has 1 fully saturated rings. The van der Waals surface area contributed by atoms with Gasteiger partial charge in [-0.3, -0.25) is 0 Å². The Bertz CT molecular complexity index is 334. The van der Waals surface area contributed by atoms with Crippen molar-refractivity contribution in [2.45, 2.75) is 25.9 Å². The van der Waals surface area contributed by atoms with Gasteiger partial charge in [-0.25, -0.2) is 0 Å². The zero-order chi connectivity index (χ0) is 10.2. The van der Waals surface area contributed by atoms with Crippen LogP contribution < -0.4 is 4.73 Å². The topological polar surface area (TPSA) is 36.2 Å². The molecule has 1 heterocycles. The Labute approximate surface area is 83.9 Å². The Morgan fingerprint density at radius 2 is 2.29 bits per heavy atom. The van der Waals surface area contributed by atoms with Gasteiger partial charge in [0.05, 0.1) is 6.10 Å². The molecule has 1 aliphatic rings. The fourth-order valence-corrected chi connectivity index (χ4v) is 1.91. The molecule has 1 unspecified atom stereocenters. The molecule has 3 heteroatoms. The van der Waals surface area contributed by atoms with Crippen LogP contribution in [0.15, 0.2) is 24.5 Å². The molecule has 0 spiro atoms. The van der Waals surface area contributed by atoms with Crippen molar-refractivity contribution >= 4 is 0 Å². The number of methoxy groups -OCH3 is 1. The smallest absolute Gasteiger partial charge is 0.186 e. The minimum atomic E-state index is 0.0592. The van der Waals surface area contributed by atoms with Crippen molar-refractivity contribution in [3.05, 3.63) is 35.3 Å². The van der Waals surface area contributed by atoms with E-state index in [2.05, 4.69) is 6.92 Å². The van der Waals surface area contributed by atoms with Gasteiger partial charge >= 0.3 is 0 Å². The second-order valence-corrected chi connectivity index (χ2v) is 4.27. The number of aromatic nitrogens is 1. The predicted molar refractivity (Wildman–Crippen MR) is 52.5 cm³/mol. The summed E-state index contributed by atoms with van der Waals surface area (Å²) in [5.74, 6) is 0. The lowest BCUT2D eigenvalue weighted by Crippen LogP contribution is -2.26. The Kier molecular flexibility index (Phi) is 2.19. The number of hydrogen-bond acceptors (Lipinski definition) is 2. The zero-order valence-electron chi connectivity index (χ0n) is 8.56. The maximum absolute atomic E-state index is 11.1. The summed E-state index contributed by atoms with van der Waals surface area (Å²) in [6.07, 6.45) is 5.51. The van der Waals surface area contributed by atoms with E-state index >= 15 is 0 Å². The van der Waals surface area contributed by atoms with Gasteiger partial charge < -0.3 is 9.94 Å². The van der Waals surface area contributed by atoms with Gasteiger partial charge in [-0.1, -0.05) is 6.92 Å². The standard InChI is InChI=1S/C11H15NO2/c1-11(5-6-11)10(14-2)9-4-3-7-12(13)8-9/h3-4,7-8,10H,5-6H2,1-2H3. The average Bonchev–Trinajstić information content (AvgIpc) is 2.85. The van der Waals surface area contributed by atoms with E-state index in [1.165, 1.54) is 19.0 Å². The zero-order valence-corrected chi connectivity index (χ0v) is 8.56. The second kappa shape index (κ2) is 3.24. The van der Waals surface area contributed by atoms with Crippen molar-refractivity contribution in [3.63, 3.8) is 0 Å². The highest BCUT2D eigenvalue weighted by molar-refractivity contribution is 5.16. The molecule has 2 rings (SSSR count). The first kappa shape index (κ1) is 9.46. The molecular formula is C11H15NO2. The van der Waals surface area contributed by atoms with E-state index in [1.54, 1.807) is 19.4 Å². The molecule has 0 N–H and O–H groups in total. The molecule has 0 aliphatic heterocycles. The van der Waals surface area contributed by atoms with Crippen molar-refractivity contribution in [3.8, 4) is 0 Å². The van der Waals surface area contributed by atoms with Crippen LogP contribution in [0, 0.1) is 10.6 Å². The van der Waals surface area contributed by atoms with Gasteiger partial charge in [0.1, 0.15) is 0 Å². The Morgan fingerprint density at radius 1 is 1.57 bits per heavy atom. The van der Waals surface area contributed by atoms with Gasteiger partial charge in [0.15, 0.2) is 12.4 Å². The maximum atomic E-state index is 11.1. The Hall–Kier alpha value is -1.09. The van der Waals surface area contributed by atoms with Crippen molar-refractivity contribution < 1.29 is 9.47 Å². The Morgan fingerprint density at radius 3 is 2.79 bits per heavy atom. The van der Waals surface area contributed by atoms with Crippen LogP contribution in [0.2, 0.25) is 0 Å². The third-order valence-corrected chi connectivity index (χ3v) is 3.01. The van der Waals surface area contributed by atoms with E-state index in [9.17, 15) is 5.21 Å². The van der Waals surface area contributed by atoms with Gasteiger partial charge in [-0.05, 0) is 24.3 Å². The lowest BCUT2D eigenvalue weighted by Gasteiger charge is -2.21. The van der Waals surface area contributed by atoms with E-state index < -0.39 is 0 Å². The number of nitrogens with zero attached hydrogens (tertiary/aromatic N) is 1. The lowest BCUT2D eigenvalue weighted by molar-refractivity contribution is -0.606. The van der Waals surface area contributed by atoms with Crippen LogP contribution in [-0.4, -0.2) is 7.11 Å². The molecule has 0 amide bonds. The summed E-state index contributed by atoms with van der Waals surface area (Å²) in [7, 11) is 1.70. The number of rotatable bonds is 3. The number of ether oxygens (including phenoxy) is 1. The first-order valence-electron chi connectivity index (χ1n) is 4.87. The van der Waals surface area contributed by atoms with Gasteiger partial charge in [0.2, 0.25) is 0 Å². The van der Waals surface area contributed by atoms with Gasteiger partial charge in [0.25, 0.3) is 0 Å². The fourth-order valence-electron chi connectivity index (χ4n) is 1.91. The maximum Gasteiger partial charge on any atom is 0.186 e. The molecule has 0 saturated heterocycles. The summed E-state index contributed by atoms with van der Waals surface area (Å²) in [5.41, 5.74) is 1.22. The molecule has 0 radical (unpaired) electrons. The van der Waals surface area contributed by atoms with Crippen molar-refractivity contribution in [2.24, 2.45) is 5.41 Å². The van der Waals surface area contributed by atoms with Crippen LogP contribution in [0.4, 0.5) is 0 Å². The minimum Gasteiger partial charge on any atom is -0.619 e. The molecular weight excluding hydrogens is 178 g/mol. The molecule has 14 heavy (non-hydrogen) atoms. The van der Waals surface area contributed by atoms with Crippen LogP contribution in [0.5, 0.6) is 0 Å². The Balaban J connectivity index is 2.27. The first-order valence-corrected chi connectivity index (χ1v) is 4.87. The number of hydrogen-bond donors (Lipinski definition) is 0. The monoisotopic (exact) mass is 193 g/mol. The van der Waals surface area contributed by atoms with Crippen molar-refractivity contribution in [2.75, 3.05) is 7.11 Å². The molecule has 1 atom stereocenters. The van der Waals surface area contributed by atoms with Crippen LogP contribution in [0.3, 0.4) is 0 Å². The summed E-state index contributed by atoms with van der Waals surface area (Å²) in [6, 6.07) is 3.71. The summed E-state index contributed by atoms with van der Waals surface area (Å²) in [4.78, 5) is 0. The normalized spacial score (nSPS) is 20.4. The molecule has 1 aliphatic carbocycles. The second-order valence-electron chi connectivity index (χ2n) is 4.27. The SMILES string of the molecule is COC(c1ccc[n+]([O-])c1)C1(C)CC1. The summed E-state index contributed by atoms with van der Waals surface area (Å²) in [5, 5.41) is 11.1. The molecule has 0 aromatic carbocycles. The van der Waals surface area contributed by atoms with Gasteiger partial charge in [-0.2, -0.15) is 4.73 Å². The quantitative estimate of drug-likeness (QED) is 0.542. The lowest BCUT2D eigenvalue weighted by atomic mass is 9.96. The molecule has 76 valence electrons. The summed E-state index contributed by atoms with van der Waals surface area (Å²) >= 11 is 0. The van der Waals surface area contributed by atoms with Crippen LogP contribution in [0.1, 0.15) is 31.4 Å². The van der Waals surface area contributed by atoms with E-state index in [0.29, 0.717) is 0 Å². The van der Waals surface area contributed by atoms with E-state index in [1.807, 2.05) is 6.07 Å². The highest BCUT2D eigenvalue weighted by atomic mass is 16.5. The molecule has 0 bridgehead atoms. The van der Waals surface area contributed by atoms with Crippen LogP contribution >= 0.6 is 0 Å². The van der Waals surface area contributed by atoms with Gasteiger partial charge in [0, 0.05) is 18.7 Å². The largest absolute Gasteiger partial charge is 0.619 e. The highest BCUT2D eigenvalue weighted by Gasteiger charge is 2.46. The molecule has 1 aromatic heterocycles. The summed E-state index contributed by atoms with van der Waals surface area (Å²) in [6.45, 7) is 2.20. The van der Waals surface area contributed by atoms with Gasteiger partial charge in [-0.15, -0.1) is 0 Å². The van der Waals surface area contributed by atoms with Crippen molar-refractivity contribution in [1.29, 1.82) is 0 Å².